The van der Waals surface area contributed by atoms with E-state index in [0.717, 1.165) is 24.3 Å². The molecule has 80 valence electrons. The van der Waals surface area contributed by atoms with Crippen LogP contribution in [0, 0.1) is 11.7 Å². The standard InChI is InChI=1S/C14H17F/c1-11-6-8-12(9-7-11)10-13-4-2-3-5-14(13)15/h2-5,10-11H,6-9H2,1H3. The predicted molar refractivity (Wildman–Crippen MR) is 62.0 cm³/mol. The van der Waals surface area contributed by atoms with Crippen LogP contribution in [0.2, 0.25) is 0 Å². The quantitative estimate of drug-likeness (QED) is 0.635. The van der Waals surface area contributed by atoms with Crippen LogP contribution in [0.15, 0.2) is 29.8 Å². The fourth-order valence-electron chi connectivity index (χ4n) is 2.09. The van der Waals surface area contributed by atoms with Gasteiger partial charge in [-0.25, -0.2) is 4.39 Å². The van der Waals surface area contributed by atoms with E-state index in [1.54, 1.807) is 6.07 Å². The van der Waals surface area contributed by atoms with Crippen molar-refractivity contribution in [2.24, 2.45) is 5.92 Å². The molecule has 0 atom stereocenters. The minimum absolute atomic E-state index is 0.108. The van der Waals surface area contributed by atoms with Crippen LogP contribution < -0.4 is 0 Å². The van der Waals surface area contributed by atoms with Crippen LogP contribution in [0.3, 0.4) is 0 Å². The third-order valence-corrected chi connectivity index (χ3v) is 3.18. The van der Waals surface area contributed by atoms with Gasteiger partial charge in [0.2, 0.25) is 0 Å². The molecule has 0 saturated heterocycles. The monoisotopic (exact) mass is 204 g/mol. The molecule has 0 nitrogen and oxygen atoms in total. The van der Waals surface area contributed by atoms with Crippen LogP contribution in [0.25, 0.3) is 6.08 Å². The number of hydrogen-bond acceptors (Lipinski definition) is 0. The zero-order valence-electron chi connectivity index (χ0n) is 9.17. The topological polar surface area (TPSA) is 0 Å². The van der Waals surface area contributed by atoms with Crippen molar-refractivity contribution < 1.29 is 4.39 Å². The molecule has 0 aliphatic heterocycles. The van der Waals surface area contributed by atoms with Crippen molar-refractivity contribution in [2.75, 3.05) is 0 Å². The molecular weight excluding hydrogens is 187 g/mol. The van der Waals surface area contributed by atoms with Crippen LogP contribution in [-0.2, 0) is 0 Å². The van der Waals surface area contributed by atoms with Crippen molar-refractivity contribution in [2.45, 2.75) is 32.6 Å². The SMILES string of the molecule is CC1CCC(=Cc2ccccc2F)CC1. The Hall–Kier alpha value is -1.11. The molecule has 0 radical (unpaired) electrons. The summed E-state index contributed by atoms with van der Waals surface area (Å²) in [6.45, 7) is 2.29. The van der Waals surface area contributed by atoms with Crippen molar-refractivity contribution in [1.82, 2.24) is 0 Å². The molecular formula is C14H17F. The van der Waals surface area contributed by atoms with Crippen LogP contribution >= 0.6 is 0 Å². The van der Waals surface area contributed by atoms with E-state index >= 15 is 0 Å². The van der Waals surface area contributed by atoms with Crippen molar-refractivity contribution in [3.63, 3.8) is 0 Å². The van der Waals surface area contributed by atoms with Gasteiger partial charge in [-0.05, 0) is 37.7 Å². The molecule has 0 aromatic heterocycles. The highest BCUT2D eigenvalue weighted by Gasteiger charge is 2.12. The molecule has 0 unspecified atom stereocenters. The Morgan fingerprint density at radius 1 is 1.20 bits per heavy atom. The second kappa shape index (κ2) is 4.61. The van der Waals surface area contributed by atoms with Crippen molar-refractivity contribution in [3.8, 4) is 0 Å². The Kier molecular flexibility index (Phi) is 3.20. The highest BCUT2D eigenvalue weighted by Crippen LogP contribution is 2.29. The first-order chi connectivity index (χ1) is 7.25. The van der Waals surface area contributed by atoms with Crippen LogP contribution in [-0.4, -0.2) is 0 Å². The lowest BCUT2D eigenvalue weighted by atomic mass is 9.86. The van der Waals surface area contributed by atoms with E-state index in [0.29, 0.717) is 0 Å². The molecule has 1 aliphatic carbocycles. The first-order valence-corrected chi connectivity index (χ1v) is 5.69. The second-order valence-corrected chi connectivity index (χ2v) is 4.51. The molecule has 0 amide bonds. The summed E-state index contributed by atoms with van der Waals surface area (Å²) in [5.41, 5.74) is 2.14. The first kappa shape index (κ1) is 10.4. The lowest BCUT2D eigenvalue weighted by Crippen LogP contribution is -2.03. The molecule has 1 aliphatic rings. The van der Waals surface area contributed by atoms with Gasteiger partial charge in [-0.15, -0.1) is 0 Å². The van der Waals surface area contributed by atoms with Crippen molar-refractivity contribution in [3.05, 3.63) is 41.2 Å². The predicted octanol–water partition coefficient (Wildman–Crippen LogP) is 4.42. The van der Waals surface area contributed by atoms with Gasteiger partial charge in [-0.3, -0.25) is 0 Å². The summed E-state index contributed by atoms with van der Waals surface area (Å²) in [4.78, 5) is 0. The van der Waals surface area contributed by atoms with E-state index in [-0.39, 0.29) is 5.82 Å². The van der Waals surface area contributed by atoms with E-state index in [9.17, 15) is 4.39 Å². The summed E-state index contributed by atoms with van der Waals surface area (Å²) < 4.78 is 13.4. The van der Waals surface area contributed by atoms with Gasteiger partial charge in [-0.2, -0.15) is 0 Å². The fraction of sp³-hybridized carbons (Fsp3) is 0.429. The van der Waals surface area contributed by atoms with Gasteiger partial charge in [0.05, 0.1) is 0 Å². The lowest BCUT2D eigenvalue weighted by molar-refractivity contribution is 0.446. The molecule has 1 saturated carbocycles. The Morgan fingerprint density at radius 2 is 1.87 bits per heavy atom. The number of allylic oxidation sites excluding steroid dienone is 1. The molecule has 15 heavy (non-hydrogen) atoms. The third kappa shape index (κ3) is 2.68. The summed E-state index contributed by atoms with van der Waals surface area (Å²) in [6.07, 6.45) is 6.80. The molecule has 1 fully saturated rings. The highest BCUT2D eigenvalue weighted by molar-refractivity contribution is 5.53. The van der Waals surface area contributed by atoms with Gasteiger partial charge in [0, 0.05) is 5.56 Å². The van der Waals surface area contributed by atoms with E-state index < -0.39 is 0 Å². The molecule has 1 aromatic rings. The molecule has 0 bridgehead atoms. The summed E-state index contributed by atoms with van der Waals surface area (Å²) >= 11 is 0. The average molecular weight is 204 g/mol. The molecule has 0 heterocycles. The summed E-state index contributed by atoms with van der Waals surface area (Å²) in [5.74, 6) is 0.728. The molecule has 0 spiro atoms. The lowest BCUT2D eigenvalue weighted by Gasteiger charge is -2.20. The maximum absolute atomic E-state index is 13.4. The maximum atomic E-state index is 13.4. The van der Waals surface area contributed by atoms with E-state index in [1.165, 1.54) is 24.5 Å². The van der Waals surface area contributed by atoms with Crippen LogP contribution in [0.4, 0.5) is 4.39 Å². The second-order valence-electron chi connectivity index (χ2n) is 4.51. The normalized spacial score (nSPS) is 21.5. The van der Waals surface area contributed by atoms with E-state index in [1.807, 2.05) is 18.2 Å². The Morgan fingerprint density at radius 3 is 2.53 bits per heavy atom. The summed E-state index contributed by atoms with van der Waals surface area (Å²) in [6, 6.07) is 7.00. The van der Waals surface area contributed by atoms with Crippen molar-refractivity contribution >= 4 is 6.08 Å². The molecule has 1 aromatic carbocycles. The largest absolute Gasteiger partial charge is 0.206 e. The smallest absolute Gasteiger partial charge is 0.130 e. The Labute approximate surface area is 90.8 Å². The number of halogens is 1. The van der Waals surface area contributed by atoms with Crippen molar-refractivity contribution in [1.29, 1.82) is 0 Å². The van der Waals surface area contributed by atoms with E-state index in [2.05, 4.69) is 6.92 Å². The van der Waals surface area contributed by atoms with Crippen LogP contribution in [0.5, 0.6) is 0 Å². The molecule has 0 N–H and O–H groups in total. The van der Waals surface area contributed by atoms with E-state index in [4.69, 9.17) is 0 Å². The highest BCUT2D eigenvalue weighted by atomic mass is 19.1. The zero-order chi connectivity index (χ0) is 10.7. The number of benzene rings is 1. The first-order valence-electron chi connectivity index (χ1n) is 5.69. The fourth-order valence-corrected chi connectivity index (χ4v) is 2.09. The van der Waals surface area contributed by atoms with Gasteiger partial charge < -0.3 is 0 Å². The zero-order valence-corrected chi connectivity index (χ0v) is 9.17. The minimum atomic E-state index is -0.108. The number of rotatable bonds is 1. The molecule has 2 rings (SSSR count). The number of hydrogen-bond donors (Lipinski definition) is 0. The van der Waals surface area contributed by atoms with Gasteiger partial charge in [0.15, 0.2) is 0 Å². The summed E-state index contributed by atoms with van der Waals surface area (Å²) in [7, 11) is 0. The van der Waals surface area contributed by atoms with Gasteiger partial charge in [-0.1, -0.05) is 36.8 Å². The summed E-state index contributed by atoms with van der Waals surface area (Å²) in [5, 5.41) is 0. The van der Waals surface area contributed by atoms with Gasteiger partial charge >= 0.3 is 0 Å². The van der Waals surface area contributed by atoms with Crippen LogP contribution in [0.1, 0.15) is 38.2 Å². The Bertz CT molecular complexity index is 355. The average Bonchev–Trinajstić information content (AvgIpc) is 2.25. The molecule has 1 heteroatoms. The Balaban J connectivity index is 2.13. The maximum Gasteiger partial charge on any atom is 0.130 e. The van der Waals surface area contributed by atoms with Gasteiger partial charge in [0.1, 0.15) is 5.82 Å². The third-order valence-electron chi connectivity index (χ3n) is 3.18. The minimum Gasteiger partial charge on any atom is -0.206 e. The van der Waals surface area contributed by atoms with Gasteiger partial charge in [0.25, 0.3) is 0 Å².